The van der Waals surface area contributed by atoms with Crippen molar-refractivity contribution < 1.29 is 17.2 Å². The average molecular weight is 361 g/mol. The van der Waals surface area contributed by atoms with Crippen molar-refractivity contribution in [2.45, 2.75) is 18.2 Å². The van der Waals surface area contributed by atoms with Gasteiger partial charge in [-0.25, -0.2) is 17.5 Å². The van der Waals surface area contributed by atoms with Gasteiger partial charge in [-0.3, -0.25) is 0 Å². The van der Waals surface area contributed by atoms with E-state index in [4.69, 9.17) is 4.42 Å². The van der Waals surface area contributed by atoms with E-state index in [1.54, 1.807) is 24.3 Å². The van der Waals surface area contributed by atoms with E-state index in [0.717, 1.165) is 5.56 Å². The number of sulfonamides is 1. The van der Waals surface area contributed by atoms with E-state index < -0.39 is 10.0 Å². The summed E-state index contributed by atoms with van der Waals surface area (Å²) >= 11 is 0. The molecule has 0 bridgehead atoms. The summed E-state index contributed by atoms with van der Waals surface area (Å²) in [4.78, 5) is 0.204. The van der Waals surface area contributed by atoms with Gasteiger partial charge in [-0.1, -0.05) is 17.7 Å². The Morgan fingerprint density at radius 2 is 1.72 bits per heavy atom. The first kappa shape index (κ1) is 17.2. The van der Waals surface area contributed by atoms with Gasteiger partial charge in [-0.15, -0.1) is 10.2 Å². The normalized spacial score (nSPS) is 11.6. The molecule has 0 atom stereocenters. The van der Waals surface area contributed by atoms with Crippen LogP contribution in [0.3, 0.4) is 0 Å². The number of halogens is 1. The van der Waals surface area contributed by atoms with Crippen molar-refractivity contribution >= 4 is 10.0 Å². The van der Waals surface area contributed by atoms with Crippen LogP contribution in [0.2, 0.25) is 0 Å². The molecule has 3 aromatic rings. The number of benzene rings is 2. The lowest BCUT2D eigenvalue weighted by atomic mass is 10.2. The van der Waals surface area contributed by atoms with Gasteiger partial charge in [0.05, 0.1) is 4.90 Å². The van der Waals surface area contributed by atoms with E-state index in [9.17, 15) is 12.8 Å². The number of rotatable bonds is 6. The number of aromatic nitrogens is 2. The molecule has 130 valence electrons. The Morgan fingerprint density at radius 1 is 1.04 bits per heavy atom. The average Bonchev–Trinajstić information content (AvgIpc) is 3.04. The molecule has 0 aliphatic heterocycles. The third kappa shape index (κ3) is 4.28. The van der Waals surface area contributed by atoms with Crippen LogP contribution in [0, 0.1) is 12.7 Å². The molecule has 6 nitrogen and oxygen atoms in total. The van der Waals surface area contributed by atoms with Gasteiger partial charge in [0.1, 0.15) is 5.82 Å². The van der Waals surface area contributed by atoms with Crippen molar-refractivity contribution in [2.75, 3.05) is 6.54 Å². The molecular formula is C17H16FN3O3S. The molecule has 2 aromatic carbocycles. The highest BCUT2D eigenvalue weighted by Gasteiger charge is 2.14. The highest BCUT2D eigenvalue weighted by Crippen LogP contribution is 2.18. The zero-order valence-corrected chi connectivity index (χ0v) is 14.3. The van der Waals surface area contributed by atoms with Gasteiger partial charge in [0.2, 0.25) is 21.8 Å². The molecule has 1 aromatic heterocycles. The third-order valence-corrected chi connectivity index (χ3v) is 5.00. The molecule has 0 unspecified atom stereocenters. The number of aryl methyl sites for hydroxylation is 1. The molecule has 0 spiro atoms. The Hall–Kier alpha value is -2.58. The number of hydrogen-bond acceptors (Lipinski definition) is 5. The van der Waals surface area contributed by atoms with Crippen LogP contribution in [0.25, 0.3) is 11.5 Å². The van der Waals surface area contributed by atoms with Crippen LogP contribution in [0.1, 0.15) is 11.5 Å². The second-order valence-corrected chi connectivity index (χ2v) is 7.24. The second-order valence-electron chi connectivity index (χ2n) is 5.47. The highest BCUT2D eigenvalue weighted by atomic mass is 32.2. The summed E-state index contributed by atoms with van der Waals surface area (Å²) < 4.78 is 45.2. The predicted octanol–water partition coefficient (Wildman–Crippen LogP) is 2.71. The van der Waals surface area contributed by atoms with Crippen molar-refractivity contribution in [1.29, 1.82) is 0 Å². The monoisotopic (exact) mass is 361 g/mol. The van der Waals surface area contributed by atoms with E-state index in [1.165, 1.54) is 24.3 Å². The molecule has 0 fully saturated rings. The fourth-order valence-corrected chi connectivity index (χ4v) is 3.19. The van der Waals surface area contributed by atoms with Crippen LogP contribution in [-0.2, 0) is 16.4 Å². The van der Waals surface area contributed by atoms with Gasteiger partial charge in [-0.2, -0.15) is 0 Å². The number of hydrogen-bond donors (Lipinski definition) is 1. The summed E-state index contributed by atoms with van der Waals surface area (Å²) in [6.07, 6.45) is 0.249. The second kappa shape index (κ2) is 7.12. The summed E-state index contributed by atoms with van der Waals surface area (Å²) in [5.74, 6) is 0.205. The lowest BCUT2D eigenvalue weighted by molar-refractivity contribution is 0.502. The lowest BCUT2D eigenvalue weighted by Crippen LogP contribution is -2.26. The van der Waals surface area contributed by atoms with Crippen LogP contribution in [-0.4, -0.2) is 25.2 Å². The summed E-state index contributed by atoms with van der Waals surface area (Å²) in [5.41, 5.74) is 1.58. The third-order valence-electron chi connectivity index (χ3n) is 3.52. The van der Waals surface area contributed by atoms with Crippen LogP contribution in [0.15, 0.2) is 57.8 Å². The maximum atomic E-state index is 12.9. The van der Waals surface area contributed by atoms with Gasteiger partial charge in [0, 0.05) is 18.5 Å². The van der Waals surface area contributed by atoms with Gasteiger partial charge in [-0.05, 0) is 43.3 Å². The Labute approximate surface area is 144 Å². The topological polar surface area (TPSA) is 85.1 Å². The Balaban J connectivity index is 1.61. The first-order valence-corrected chi connectivity index (χ1v) is 9.07. The van der Waals surface area contributed by atoms with E-state index in [1.807, 2.05) is 6.92 Å². The van der Waals surface area contributed by atoms with Crippen molar-refractivity contribution in [3.63, 3.8) is 0 Å². The maximum absolute atomic E-state index is 12.9. The fourth-order valence-electron chi connectivity index (χ4n) is 2.16. The van der Waals surface area contributed by atoms with E-state index in [0.29, 0.717) is 11.5 Å². The maximum Gasteiger partial charge on any atom is 0.247 e. The summed E-state index contributed by atoms with van der Waals surface area (Å²) in [5, 5.41) is 7.76. The number of nitrogens with one attached hydrogen (secondary N) is 1. The minimum Gasteiger partial charge on any atom is -0.421 e. The van der Waals surface area contributed by atoms with Crippen LogP contribution >= 0.6 is 0 Å². The van der Waals surface area contributed by atoms with Crippen molar-refractivity contribution in [3.8, 4) is 11.5 Å². The quantitative estimate of drug-likeness (QED) is 0.730. The van der Waals surface area contributed by atoms with Crippen LogP contribution < -0.4 is 4.72 Å². The molecule has 3 rings (SSSR count). The standard InChI is InChI=1S/C17H16FN3O3S/c1-12-2-8-15(9-3-12)25(22,23)19-11-10-16-20-21-17(24-16)13-4-6-14(18)7-5-13/h2-9,19H,10-11H2,1H3. The molecule has 0 amide bonds. The highest BCUT2D eigenvalue weighted by molar-refractivity contribution is 7.89. The number of nitrogens with zero attached hydrogens (tertiary/aromatic N) is 2. The van der Waals surface area contributed by atoms with Gasteiger partial charge in [0.15, 0.2) is 0 Å². The molecule has 8 heteroatoms. The molecule has 0 aliphatic carbocycles. The van der Waals surface area contributed by atoms with Crippen molar-refractivity contribution in [3.05, 3.63) is 65.8 Å². The van der Waals surface area contributed by atoms with Gasteiger partial charge >= 0.3 is 0 Å². The molecule has 0 radical (unpaired) electrons. The van der Waals surface area contributed by atoms with E-state index in [2.05, 4.69) is 14.9 Å². The van der Waals surface area contributed by atoms with Gasteiger partial charge < -0.3 is 4.42 Å². The predicted molar refractivity (Wildman–Crippen MR) is 89.8 cm³/mol. The smallest absolute Gasteiger partial charge is 0.247 e. The zero-order valence-electron chi connectivity index (χ0n) is 13.4. The minimum absolute atomic E-state index is 0.126. The van der Waals surface area contributed by atoms with E-state index in [-0.39, 0.29) is 29.6 Å². The Morgan fingerprint density at radius 3 is 2.40 bits per heavy atom. The Kier molecular flexibility index (Phi) is 4.91. The molecule has 1 heterocycles. The van der Waals surface area contributed by atoms with Crippen molar-refractivity contribution in [1.82, 2.24) is 14.9 Å². The first-order chi connectivity index (χ1) is 11.9. The van der Waals surface area contributed by atoms with Gasteiger partial charge in [0.25, 0.3) is 0 Å². The molecule has 1 N–H and O–H groups in total. The molecular weight excluding hydrogens is 345 g/mol. The molecule has 0 aliphatic rings. The molecule has 0 saturated heterocycles. The minimum atomic E-state index is -3.58. The molecule has 25 heavy (non-hydrogen) atoms. The molecule has 0 saturated carbocycles. The fraction of sp³-hybridized carbons (Fsp3) is 0.176. The summed E-state index contributed by atoms with van der Waals surface area (Å²) in [6, 6.07) is 12.3. The van der Waals surface area contributed by atoms with E-state index >= 15 is 0 Å². The van der Waals surface area contributed by atoms with Crippen molar-refractivity contribution in [2.24, 2.45) is 0 Å². The SMILES string of the molecule is Cc1ccc(S(=O)(=O)NCCc2nnc(-c3ccc(F)cc3)o2)cc1. The van der Waals surface area contributed by atoms with Crippen LogP contribution in [0.5, 0.6) is 0 Å². The lowest BCUT2D eigenvalue weighted by Gasteiger charge is -2.05. The Bertz CT molecular complexity index is 952. The van der Waals surface area contributed by atoms with Crippen LogP contribution in [0.4, 0.5) is 4.39 Å². The first-order valence-electron chi connectivity index (χ1n) is 7.59. The largest absolute Gasteiger partial charge is 0.421 e. The summed E-state index contributed by atoms with van der Waals surface area (Å²) in [6.45, 7) is 2.01. The zero-order chi connectivity index (χ0) is 17.9. The summed E-state index contributed by atoms with van der Waals surface area (Å²) in [7, 11) is -3.58.